The van der Waals surface area contributed by atoms with Crippen molar-refractivity contribution in [3.8, 4) is 16.9 Å². The van der Waals surface area contributed by atoms with Gasteiger partial charge in [-0.25, -0.2) is 9.38 Å². The lowest BCUT2D eigenvalue weighted by atomic mass is 9.81. The Balaban J connectivity index is 1.93. The molecule has 1 aliphatic heterocycles. The van der Waals surface area contributed by atoms with E-state index in [1.54, 1.807) is 6.07 Å². The van der Waals surface area contributed by atoms with Crippen molar-refractivity contribution >= 4 is 22.1 Å². The molecular formula is C23H19F6N3O2S. The third-order valence-electron chi connectivity index (χ3n) is 5.72. The van der Waals surface area contributed by atoms with Crippen LogP contribution in [0.25, 0.3) is 11.1 Å². The summed E-state index contributed by atoms with van der Waals surface area (Å²) in [6.45, 7) is 0. The number of hydrogen-bond donors (Lipinski definition) is 1. The van der Waals surface area contributed by atoms with Gasteiger partial charge in [-0.15, -0.1) is 0 Å². The third kappa shape index (κ3) is 4.18. The minimum Gasteiger partial charge on any atom is -0.497 e. The van der Waals surface area contributed by atoms with Gasteiger partial charge < -0.3 is 10.5 Å². The Kier molecular flexibility index (Phi) is 5.01. The zero-order valence-electron chi connectivity index (χ0n) is 18.3. The van der Waals surface area contributed by atoms with Crippen LogP contribution in [0.3, 0.4) is 0 Å². The van der Waals surface area contributed by atoms with Crippen LogP contribution in [0, 0.1) is 5.82 Å². The van der Waals surface area contributed by atoms with Crippen LogP contribution in [0.4, 0.5) is 23.8 Å². The monoisotopic (exact) mass is 515 g/mol. The van der Waals surface area contributed by atoms with Gasteiger partial charge in [0.05, 0.1) is 7.11 Å². The van der Waals surface area contributed by atoms with Gasteiger partial charge >= 0.3 is 10.2 Å². The van der Waals surface area contributed by atoms with Crippen LogP contribution in [0.5, 0.6) is 5.75 Å². The van der Waals surface area contributed by atoms with Gasteiger partial charge in [0.2, 0.25) is 0 Å². The van der Waals surface area contributed by atoms with Gasteiger partial charge in [-0.3, -0.25) is 9.69 Å². The summed E-state index contributed by atoms with van der Waals surface area (Å²) < 4.78 is 86.0. The normalized spacial score (nSPS) is 20.3. The number of likely N-dealkylation sites (N-methyl/N-ethyl adjacent to an activating group) is 1. The average molecular weight is 515 g/mol. The fourth-order valence-electron chi connectivity index (χ4n) is 3.90. The molecular weight excluding hydrogens is 496 g/mol. The maximum atomic E-state index is 14.6. The minimum absolute atomic E-state index is 0.122. The molecule has 5 nitrogen and oxygen atoms in total. The van der Waals surface area contributed by atoms with Gasteiger partial charge in [0.1, 0.15) is 16.5 Å². The Morgan fingerprint density at radius 3 is 2.14 bits per heavy atom. The zero-order chi connectivity index (χ0) is 25.9. The van der Waals surface area contributed by atoms with Crippen LogP contribution < -0.4 is 10.5 Å². The predicted octanol–water partition coefficient (Wildman–Crippen LogP) is 6.19. The maximum absolute atomic E-state index is 14.6. The second-order valence-corrected chi connectivity index (χ2v) is 10.4. The average Bonchev–Trinajstić information content (AvgIpc) is 3.03. The molecule has 0 aromatic heterocycles. The van der Waals surface area contributed by atoms with Crippen molar-refractivity contribution in [3.63, 3.8) is 0 Å². The van der Waals surface area contributed by atoms with E-state index in [1.807, 2.05) is 0 Å². The molecule has 35 heavy (non-hydrogen) atoms. The molecule has 0 bridgehead atoms. The Morgan fingerprint density at radius 2 is 1.60 bits per heavy atom. The molecule has 0 saturated carbocycles. The number of nitrogens with zero attached hydrogens (tertiary/aromatic N) is 2. The van der Waals surface area contributed by atoms with Crippen LogP contribution in [-0.4, -0.2) is 30.9 Å². The lowest BCUT2D eigenvalue weighted by Gasteiger charge is -2.40. The summed E-state index contributed by atoms with van der Waals surface area (Å²) >= 11 is 0. The summed E-state index contributed by atoms with van der Waals surface area (Å²) in [6, 6.07) is 12.0. The lowest BCUT2D eigenvalue weighted by molar-refractivity contribution is -0.129. The van der Waals surface area contributed by atoms with Crippen molar-refractivity contribution < 1.29 is 33.4 Å². The number of aliphatic imine (C=N–C) groups is 1. The van der Waals surface area contributed by atoms with Crippen molar-refractivity contribution in [2.24, 2.45) is 10.7 Å². The summed E-state index contributed by atoms with van der Waals surface area (Å²) in [5.41, 5.74) is 4.36. The molecule has 0 saturated heterocycles. The molecule has 1 atom stereocenters. The summed E-state index contributed by atoms with van der Waals surface area (Å²) in [4.78, 5) is 16.5. The Morgan fingerprint density at radius 1 is 0.943 bits per heavy atom. The van der Waals surface area contributed by atoms with Gasteiger partial charge in [0.15, 0.2) is 11.5 Å². The summed E-state index contributed by atoms with van der Waals surface area (Å²) in [7, 11) is -7.22. The number of halogens is 6. The number of nitrogens with two attached hydrogens (primary N) is 1. The van der Waals surface area contributed by atoms with Gasteiger partial charge in [-0.1, -0.05) is 49.8 Å². The first-order valence-corrected chi connectivity index (χ1v) is 11.9. The highest BCUT2D eigenvalue weighted by Gasteiger charge is 2.65. The van der Waals surface area contributed by atoms with E-state index in [0.29, 0.717) is 11.3 Å². The van der Waals surface area contributed by atoms with E-state index >= 15 is 0 Å². The minimum atomic E-state index is -9.94. The van der Waals surface area contributed by atoms with Crippen LogP contribution in [-0.2, 0) is 10.3 Å². The molecule has 3 aromatic carbocycles. The first kappa shape index (κ1) is 24.5. The number of methoxy groups -OCH3 is 1. The number of hydrogen-bond acceptors (Lipinski definition) is 4. The van der Waals surface area contributed by atoms with Crippen molar-refractivity contribution in [2.75, 3.05) is 14.2 Å². The second-order valence-electron chi connectivity index (χ2n) is 7.96. The fraction of sp³-hybridized carbons (Fsp3) is 0.130. The van der Waals surface area contributed by atoms with Gasteiger partial charge in [0, 0.05) is 12.6 Å². The first-order valence-electron chi connectivity index (χ1n) is 9.99. The topological polar surface area (TPSA) is 67.9 Å². The number of benzene rings is 3. The third-order valence-corrected chi connectivity index (χ3v) is 6.89. The highest BCUT2D eigenvalue weighted by molar-refractivity contribution is 8.45. The predicted molar refractivity (Wildman–Crippen MR) is 121 cm³/mol. The Bertz CT molecular complexity index is 1380. The quantitative estimate of drug-likeness (QED) is 0.412. The molecule has 0 spiro atoms. The van der Waals surface area contributed by atoms with E-state index in [2.05, 4.69) is 4.99 Å². The molecule has 1 unspecified atom stereocenters. The Hall–Kier alpha value is -3.67. The van der Waals surface area contributed by atoms with Crippen LogP contribution in [0.1, 0.15) is 11.1 Å². The molecule has 186 valence electrons. The first-order chi connectivity index (χ1) is 16.1. The molecule has 2 N–H and O–H groups in total. The van der Waals surface area contributed by atoms with E-state index in [4.69, 9.17) is 10.5 Å². The Labute approximate surface area is 196 Å². The number of carbonyl (C=O) groups is 1. The largest absolute Gasteiger partial charge is 0.497 e. The van der Waals surface area contributed by atoms with Crippen molar-refractivity contribution in [3.05, 3.63) is 83.7 Å². The smallest absolute Gasteiger partial charge is 0.310 e. The van der Waals surface area contributed by atoms with Crippen molar-refractivity contribution in [1.82, 2.24) is 4.90 Å². The van der Waals surface area contributed by atoms with E-state index in [-0.39, 0.29) is 34.8 Å². The molecule has 0 aliphatic carbocycles. The number of amides is 1. The van der Waals surface area contributed by atoms with Gasteiger partial charge in [-0.05, 0) is 53.1 Å². The number of guanidine groups is 1. The second kappa shape index (κ2) is 7.17. The number of rotatable bonds is 5. The number of ether oxygens (including phenoxy) is 1. The van der Waals surface area contributed by atoms with Crippen LogP contribution >= 0.6 is 10.2 Å². The van der Waals surface area contributed by atoms with E-state index in [9.17, 15) is 28.6 Å². The van der Waals surface area contributed by atoms with Gasteiger partial charge in [-0.2, -0.15) is 0 Å². The van der Waals surface area contributed by atoms with Crippen molar-refractivity contribution in [1.29, 1.82) is 0 Å². The SMILES string of the molecule is COc1ccc(F)c(-c2cccc(C3(c4ccc(S(F)(F)(F)(F)F)cc4)N=C(N)N(C)C3=O)c2)c1. The van der Waals surface area contributed by atoms with Crippen LogP contribution in [0.2, 0.25) is 0 Å². The highest BCUT2D eigenvalue weighted by atomic mass is 32.5. The summed E-state index contributed by atoms with van der Waals surface area (Å²) in [5.74, 6) is -1.18. The summed E-state index contributed by atoms with van der Waals surface area (Å²) in [6.07, 6.45) is 0. The van der Waals surface area contributed by atoms with Crippen molar-refractivity contribution in [2.45, 2.75) is 10.4 Å². The number of carbonyl (C=O) groups excluding carboxylic acids is 1. The van der Waals surface area contributed by atoms with E-state index in [0.717, 1.165) is 17.0 Å². The molecule has 3 aromatic rings. The molecule has 0 fully saturated rings. The maximum Gasteiger partial charge on any atom is 0.310 e. The standard InChI is InChI=1S/C23H19F6N3O2S/c1-32-21(33)23(31-22(32)30,15-6-9-18(10-7-15)35(25,26,27,28)29)16-5-3-4-14(12-16)19-13-17(34-2)8-11-20(19)24/h3-13H,1-2H3,(H2,30,31). The highest BCUT2D eigenvalue weighted by Crippen LogP contribution is 3.02. The van der Waals surface area contributed by atoms with E-state index in [1.165, 1.54) is 50.6 Å². The summed E-state index contributed by atoms with van der Waals surface area (Å²) in [5, 5.41) is 0. The molecule has 1 aliphatic rings. The lowest BCUT2D eigenvalue weighted by Crippen LogP contribution is -2.41. The molecule has 1 amide bonds. The van der Waals surface area contributed by atoms with Crippen LogP contribution in [0.15, 0.2) is 76.6 Å². The molecule has 4 rings (SSSR count). The zero-order valence-corrected chi connectivity index (χ0v) is 19.1. The van der Waals surface area contributed by atoms with Gasteiger partial charge in [0.25, 0.3) is 5.91 Å². The van der Waals surface area contributed by atoms with E-state index < -0.39 is 32.4 Å². The molecule has 0 radical (unpaired) electrons. The molecule has 1 heterocycles. The fourth-order valence-corrected chi connectivity index (χ4v) is 4.55. The molecule has 12 heteroatoms.